The number of amides is 2. The van der Waals surface area contributed by atoms with Gasteiger partial charge in [-0.2, -0.15) is 0 Å². The lowest BCUT2D eigenvalue weighted by Crippen LogP contribution is -2.30. The van der Waals surface area contributed by atoms with Gasteiger partial charge >= 0.3 is 0 Å². The molecule has 170 valence electrons. The molecule has 1 aliphatic rings. The number of aromatic nitrogens is 1. The molecule has 0 atom stereocenters. The normalized spacial score (nSPS) is 15.1. The molecule has 4 nitrogen and oxygen atoms in total. The molecular formula is C27H20BrFN2O2S. The van der Waals surface area contributed by atoms with Gasteiger partial charge in [0.05, 0.1) is 11.4 Å². The van der Waals surface area contributed by atoms with Gasteiger partial charge in [0.25, 0.3) is 11.1 Å². The number of halogens is 2. The van der Waals surface area contributed by atoms with Crippen molar-refractivity contribution >= 4 is 55.8 Å². The number of benzene rings is 3. The molecule has 1 aliphatic heterocycles. The molecule has 5 rings (SSSR count). The first-order valence-corrected chi connectivity index (χ1v) is 12.4. The summed E-state index contributed by atoms with van der Waals surface area (Å²) in [4.78, 5) is 27.3. The van der Waals surface area contributed by atoms with Crippen molar-refractivity contribution in [1.82, 2.24) is 9.47 Å². The van der Waals surface area contributed by atoms with E-state index in [9.17, 15) is 14.0 Å². The maximum absolute atomic E-state index is 14.3. The van der Waals surface area contributed by atoms with Gasteiger partial charge in [-0.25, -0.2) is 4.39 Å². The van der Waals surface area contributed by atoms with Crippen molar-refractivity contribution in [2.24, 2.45) is 0 Å². The maximum atomic E-state index is 14.3. The Morgan fingerprint density at radius 3 is 2.53 bits per heavy atom. The van der Waals surface area contributed by atoms with Crippen LogP contribution in [-0.4, -0.2) is 27.2 Å². The van der Waals surface area contributed by atoms with E-state index >= 15 is 0 Å². The lowest BCUT2D eigenvalue weighted by atomic mass is 10.1. The van der Waals surface area contributed by atoms with Crippen LogP contribution in [-0.2, 0) is 17.8 Å². The zero-order valence-corrected chi connectivity index (χ0v) is 20.5. The van der Waals surface area contributed by atoms with E-state index in [1.165, 1.54) is 11.0 Å². The van der Waals surface area contributed by atoms with Gasteiger partial charge in [-0.1, -0.05) is 64.5 Å². The summed E-state index contributed by atoms with van der Waals surface area (Å²) in [5.74, 6) is -0.543. The Morgan fingerprint density at radius 1 is 0.971 bits per heavy atom. The first-order valence-electron chi connectivity index (χ1n) is 10.8. The van der Waals surface area contributed by atoms with Crippen LogP contribution in [0, 0.1) is 5.82 Å². The third kappa shape index (κ3) is 4.58. The van der Waals surface area contributed by atoms with Crippen molar-refractivity contribution < 1.29 is 14.0 Å². The minimum atomic E-state index is -0.282. The summed E-state index contributed by atoms with van der Waals surface area (Å²) < 4.78 is 17.1. The molecule has 2 amide bonds. The molecule has 0 radical (unpaired) electrons. The van der Waals surface area contributed by atoms with Crippen molar-refractivity contribution in [2.45, 2.75) is 13.0 Å². The third-order valence-electron chi connectivity index (χ3n) is 5.80. The van der Waals surface area contributed by atoms with Gasteiger partial charge in [-0.05, 0) is 54.1 Å². The smallest absolute Gasteiger partial charge is 0.293 e. The van der Waals surface area contributed by atoms with Crippen LogP contribution in [0.5, 0.6) is 0 Å². The van der Waals surface area contributed by atoms with Crippen LogP contribution < -0.4 is 0 Å². The zero-order valence-electron chi connectivity index (χ0n) is 18.1. The van der Waals surface area contributed by atoms with Crippen LogP contribution in [0.25, 0.3) is 17.0 Å². The van der Waals surface area contributed by atoms with Crippen LogP contribution >= 0.6 is 27.7 Å². The average molecular weight is 535 g/mol. The highest BCUT2D eigenvalue weighted by Crippen LogP contribution is 2.35. The molecule has 1 aromatic heterocycles. The van der Waals surface area contributed by atoms with Crippen LogP contribution in [0.2, 0.25) is 0 Å². The van der Waals surface area contributed by atoms with Gasteiger partial charge in [0.1, 0.15) is 5.82 Å². The molecule has 0 N–H and O–H groups in total. The second-order valence-corrected chi connectivity index (χ2v) is 9.94. The van der Waals surface area contributed by atoms with Crippen molar-refractivity contribution in [3.63, 3.8) is 0 Å². The van der Waals surface area contributed by atoms with Gasteiger partial charge in [0.2, 0.25) is 0 Å². The Kier molecular flexibility index (Phi) is 6.39. The summed E-state index contributed by atoms with van der Waals surface area (Å²) in [5, 5.41) is 0.658. The molecule has 1 fully saturated rings. The highest BCUT2D eigenvalue weighted by Gasteiger charge is 2.34. The van der Waals surface area contributed by atoms with E-state index in [1.54, 1.807) is 18.2 Å². The maximum Gasteiger partial charge on any atom is 0.293 e. The van der Waals surface area contributed by atoms with Crippen molar-refractivity contribution in [3.8, 4) is 0 Å². The standard InChI is InChI=1S/C27H20BrFN2O2S/c28-21-10-11-24-22(15-21)20(17-30(24)16-19-8-4-5-9-23(19)29)14-25-26(32)31(27(33)34-25)13-12-18-6-2-1-3-7-18/h1-11,14-15,17H,12-13,16H2/b25-14-. The topological polar surface area (TPSA) is 42.3 Å². The van der Waals surface area contributed by atoms with Crippen molar-refractivity contribution in [1.29, 1.82) is 0 Å². The Balaban J connectivity index is 1.45. The Labute approximate surface area is 209 Å². The zero-order chi connectivity index (χ0) is 23.7. The first-order chi connectivity index (χ1) is 16.5. The van der Waals surface area contributed by atoms with Gasteiger partial charge < -0.3 is 4.57 Å². The third-order valence-corrected chi connectivity index (χ3v) is 7.20. The van der Waals surface area contributed by atoms with Gasteiger partial charge in [0.15, 0.2) is 0 Å². The number of carbonyl (C=O) groups excluding carboxylic acids is 2. The lowest BCUT2D eigenvalue weighted by molar-refractivity contribution is -0.122. The second-order valence-electron chi connectivity index (χ2n) is 8.03. The Hall–Kier alpha value is -3.16. The first kappa shape index (κ1) is 22.6. The van der Waals surface area contributed by atoms with E-state index in [1.807, 2.05) is 65.4 Å². The quantitative estimate of drug-likeness (QED) is 0.253. The SMILES string of the molecule is O=C1S/C(=C\c2cn(Cc3ccccc3F)c3ccc(Br)cc23)C(=O)N1CCc1ccccc1. The van der Waals surface area contributed by atoms with Crippen LogP contribution in [0.15, 0.2) is 88.4 Å². The minimum absolute atomic E-state index is 0.261. The number of rotatable bonds is 6. The van der Waals surface area contributed by atoms with Crippen LogP contribution in [0.3, 0.4) is 0 Å². The number of hydrogen-bond acceptors (Lipinski definition) is 3. The summed E-state index contributed by atoms with van der Waals surface area (Å²) in [7, 11) is 0. The van der Waals surface area contributed by atoms with Gasteiger partial charge in [0, 0.05) is 39.2 Å². The number of nitrogens with zero attached hydrogens (tertiary/aromatic N) is 2. The molecule has 0 aliphatic carbocycles. The van der Waals surface area contributed by atoms with E-state index < -0.39 is 0 Å². The van der Waals surface area contributed by atoms with E-state index in [0.29, 0.717) is 30.0 Å². The predicted molar refractivity (Wildman–Crippen MR) is 138 cm³/mol. The molecule has 3 aromatic carbocycles. The Bertz CT molecular complexity index is 1430. The minimum Gasteiger partial charge on any atom is -0.342 e. The number of imide groups is 1. The summed E-state index contributed by atoms with van der Waals surface area (Å²) >= 11 is 4.47. The molecular weight excluding hydrogens is 515 g/mol. The van der Waals surface area contributed by atoms with E-state index in [2.05, 4.69) is 15.9 Å². The molecule has 0 spiro atoms. The number of hydrogen-bond donors (Lipinski definition) is 0. The highest BCUT2D eigenvalue weighted by molar-refractivity contribution is 9.10. The number of carbonyl (C=O) groups is 2. The predicted octanol–water partition coefficient (Wildman–Crippen LogP) is 6.87. The van der Waals surface area contributed by atoms with Gasteiger partial charge in [-0.3, -0.25) is 14.5 Å². The van der Waals surface area contributed by atoms with Crippen LogP contribution in [0.1, 0.15) is 16.7 Å². The largest absolute Gasteiger partial charge is 0.342 e. The summed E-state index contributed by atoms with van der Waals surface area (Å²) in [5.41, 5.74) is 3.38. The molecule has 7 heteroatoms. The number of thioether (sulfide) groups is 1. The average Bonchev–Trinajstić information content (AvgIpc) is 3.30. The molecule has 0 unspecified atom stereocenters. The van der Waals surface area contributed by atoms with E-state index in [-0.39, 0.29) is 17.0 Å². The highest BCUT2D eigenvalue weighted by atomic mass is 79.9. The Morgan fingerprint density at radius 2 is 1.74 bits per heavy atom. The van der Waals surface area contributed by atoms with Crippen molar-refractivity contribution in [2.75, 3.05) is 6.54 Å². The molecule has 1 saturated heterocycles. The number of fused-ring (bicyclic) bond motifs is 1. The molecule has 34 heavy (non-hydrogen) atoms. The molecule has 0 bridgehead atoms. The van der Waals surface area contributed by atoms with E-state index in [0.717, 1.165) is 38.3 Å². The lowest BCUT2D eigenvalue weighted by Gasteiger charge is -2.12. The second kappa shape index (κ2) is 9.60. The summed E-state index contributed by atoms with van der Waals surface area (Å²) in [6, 6.07) is 22.3. The molecule has 4 aromatic rings. The summed E-state index contributed by atoms with van der Waals surface area (Å²) in [6.45, 7) is 0.698. The summed E-state index contributed by atoms with van der Waals surface area (Å²) in [6.07, 6.45) is 4.28. The van der Waals surface area contributed by atoms with Gasteiger partial charge in [-0.15, -0.1) is 0 Å². The van der Waals surface area contributed by atoms with Crippen LogP contribution in [0.4, 0.5) is 9.18 Å². The molecule has 0 saturated carbocycles. The monoisotopic (exact) mass is 534 g/mol. The fourth-order valence-electron chi connectivity index (χ4n) is 4.07. The van der Waals surface area contributed by atoms with Crippen molar-refractivity contribution in [3.05, 3.63) is 111 Å². The van der Waals surface area contributed by atoms with E-state index in [4.69, 9.17) is 0 Å². The fraction of sp³-hybridized carbons (Fsp3) is 0.111. The molecule has 2 heterocycles. The fourth-order valence-corrected chi connectivity index (χ4v) is 5.29.